The van der Waals surface area contributed by atoms with Gasteiger partial charge in [-0.2, -0.15) is 9.40 Å². The third-order valence-corrected chi connectivity index (χ3v) is 6.33. The van der Waals surface area contributed by atoms with Crippen molar-refractivity contribution in [1.29, 1.82) is 0 Å². The van der Waals surface area contributed by atoms with Crippen LogP contribution in [0.3, 0.4) is 0 Å². The fourth-order valence-electron chi connectivity index (χ4n) is 3.00. The molecule has 2 rings (SSSR count). The van der Waals surface area contributed by atoms with Crippen molar-refractivity contribution in [1.82, 2.24) is 14.1 Å². The summed E-state index contributed by atoms with van der Waals surface area (Å²) in [4.78, 5) is 0.484. The average Bonchev–Trinajstić information content (AvgIpc) is 2.95. The van der Waals surface area contributed by atoms with E-state index in [0.717, 1.165) is 25.7 Å². The molecular weight excluding hydrogens is 308 g/mol. The monoisotopic (exact) mass is 330 g/mol. The van der Waals surface area contributed by atoms with Crippen LogP contribution in [0.25, 0.3) is 0 Å². The second kappa shape index (κ2) is 6.02. The first kappa shape index (κ1) is 16.4. The Kier molecular flexibility index (Phi) is 4.69. The van der Waals surface area contributed by atoms with Gasteiger partial charge in [-0.3, -0.25) is 4.68 Å². The zero-order valence-corrected chi connectivity index (χ0v) is 14.3. The van der Waals surface area contributed by atoms with Crippen LogP contribution in [0.4, 0.5) is 0 Å². The molecule has 0 amide bonds. The van der Waals surface area contributed by atoms with Gasteiger partial charge in [-0.25, -0.2) is 8.42 Å². The van der Waals surface area contributed by atoms with Crippen LogP contribution in [-0.2, 0) is 17.1 Å². The minimum Gasteiger partial charge on any atom is -0.392 e. The molecule has 0 aliphatic heterocycles. The van der Waals surface area contributed by atoms with Crippen LogP contribution < -0.4 is 5.73 Å². The van der Waals surface area contributed by atoms with Gasteiger partial charge in [0, 0.05) is 13.1 Å². The average molecular weight is 330 g/mol. The van der Waals surface area contributed by atoms with Crippen molar-refractivity contribution in [2.75, 3.05) is 6.54 Å². The Morgan fingerprint density at radius 3 is 2.43 bits per heavy atom. The topological polar surface area (TPSA) is 81.2 Å². The summed E-state index contributed by atoms with van der Waals surface area (Å²) in [6, 6.07) is -0.0180. The Balaban J connectivity index is 2.48. The molecule has 6 nitrogen and oxygen atoms in total. The quantitative estimate of drug-likeness (QED) is 0.822. The van der Waals surface area contributed by atoms with E-state index in [1.54, 1.807) is 25.6 Å². The van der Waals surface area contributed by atoms with Crippen LogP contribution in [0.1, 0.15) is 37.1 Å². The molecule has 0 atom stereocenters. The molecule has 0 unspecified atom stereocenters. The van der Waals surface area contributed by atoms with Gasteiger partial charge in [0.1, 0.15) is 4.90 Å². The van der Waals surface area contributed by atoms with Gasteiger partial charge in [0.25, 0.3) is 0 Å². The van der Waals surface area contributed by atoms with Crippen LogP contribution in [-0.4, -0.2) is 40.1 Å². The Labute approximate surface area is 131 Å². The SMILES string of the molecule is Cc1nn(C)c(C)c1S(=O)(=O)N(CC(N)=S)C1CCCC1. The van der Waals surface area contributed by atoms with E-state index in [4.69, 9.17) is 18.0 Å². The highest BCUT2D eigenvalue weighted by Gasteiger charge is 2.36. The van der Waals surface area contributed by atoms with E-state index in [2.05, 4.69) is 5.10 Å². The molecule has 2 N–H and O–H groups in total. The molecule has 1 aliphatic carbocycles. The summed E-state index contributed by atoms with van der Waals surface area (Å²) in [7, 11) is -1.89. The van der Waals surface area contributed by atoms with Crippen molar-refractivity contribution in [3.63, 3.8) is 0 Å². The van der Waals surface area contributed by atoms with Gasteiger partial charge in [-0.1, -0.05) is 25.1 Å². The first-order valence-corrected chi connectivity index (χ1v) is 8.90. The number of nitrogens with zero attached hydrogens (tertiary/aromatic N) is 3. The lowest BCUT2D eigenvalue weighted by atomic mass is 10.2. The zero-order chi connectivity index (χ0) is 15.8. The molecule has 1 aromatic rings. The van der Waals surface area contributed by atoms with Gasteiger partial charge in [0.15, 0.2) is 0 Å². The van der Waals surface area contributed by atoms with E-state index >= 15 is 0 Å². The number of nitrogens with two attached hydrogens (primary N) is 1. The Bertz CT molecular complexity index is 645. The first-order valence-electron chi connectivity index (χ1n) is 7.05. The molecular formula is C13H22N4O2S2. The second-order valence-electron chi connectivity index (χ2n) is 5.58. The third-order valence-electron chi connectivity index (χ3n) is 4.05. The summed E-state index contributed by atoms with van der Waals surface area (Å²) >= 11 is 4.95. The smallest absolute Gasteiger partial charge is 0.247 e. The number of aromatic nitrogens is 2. The van der Waals surface area contributed by atoms with E-state index < -0.39 is 10.0 Å². The van der Waals surface area contributed by atoms with E-state index in [1.807, 2.05) is 0 Å². The lowest BCUT2D eigenvalue weighted by Crippen LogP contribution is -2.43. The standard InChI is InChI=1S/C13H22N4O2S2/c1-9-13(10(2)16(3)15-9)21(18,19)17(8-12(14)20)11-6-4-5-7-11/h11H,4-8H2,1-3H3,(H2,14,20). The summed E-state index contributed by atoms with van der Waals surface area (Å²) in [5.74, 6) is 0. The minimum absolute atomic E-state index is 0.0180. The van der Waals surface area contributed by atoms with Crippen LogP contribution in [0.2, 0.25) is 0 Å². The lowest BCUT2D eigenvalue weighted by Gasteiger charge is -2.27. The molecule has 1 aliphatic rings. The van der Waals surface area contributed by atoms with Crippen LogP contribution in [0, 0.1) is 13.8 Å². The highest BCUT2D eigenvalue weighted by molar-refractivity contribution is 7.89. The van der Waals surface area contributed by atoms with Gasteiger partial charge in [0.05, 0.1) is 22.9 Å². The van der Waals surface area contributed by atoms with E-state index in [-0.39, 0.29) is 22.5 Å². The predicted octanol–water partition coefficient (Wildman–Crippen LogP) is 1.26. The number of hydrogen-bond donors (Lipinski definition) is 1. The fraction of sp³-hybridized carbons (Fsp3) is 0.692. The molecule has 0 radical (unpaired) electrons. The molecule has 8 heteroatoms. The molecule has 0 aromatic carbocycles. The number of hydrogen-bond acceptors (Lipinski definition) is 4. The van der Waals surface area contributed by atoms with Crippen LogP contribution >= 0.6 is 12.2 Å². The fourth-order valence-corrected chi connectivity index (χ4v) is 5.29. The highest BCUT2D eigenvalue weighted by Crippen LogP contribution is 2.30. The van der Waals surface area contributed by atoms with E-state index in [0.29, 0.717) is 11.4 Å². The van der Waals surface area contributed by atoms with Crippen LogP contribution in [0.5, 0.6) is 0 Å². The Morgan fingerprint density at radius 2 is 2.00 bits per heavy atom. The number of aryl methyl sites for hydroxylation is 2. The number of rotatable bonds is 5. The minimum atomic E-state index is -3.64. The molecule has 1 aromatic heterocycles. The van der Waals surface area contributed by atoms with Gasteiger partial charge >= 0.3 is 0 Å². The van der Waals surface area contributed by atoms with Crippen molar-refractivity contribution in [3.05, 3.63) is 11.4 Å². The molecule has 1 saturated carbocycles. The zero-order valence-electron chi connectivity index (χ0n) is 12.7. The second-order valence-corrected chi connectivity index (χ2v) is 7.93. The maximum Gasteiger partial charge on any atom is 0.247 e. The molecule has 0 spiro atoms. The number of thiocarbonyl (C=S) groups is 1. The first-order chi connectivity index (χ1) is 9.75. The Hall–Kier alpha value is -0.990. The van der Waals surface area contributed by atoms with E-state index in [1.165, 1.54) is 4.31 Å². The lowest BCUT2D eigenvalue weighted by molar-refractivity contribution is 0.354. The molecule has 118 valence electrons. The van der Waals surface area contributed by atoms with Crippen molar-refractivity contribution in [2.24, 2.45) is 12.8 Å². The normalized spacial score (nSPS) is 16.8. The summed E-state index contributed by atoms with van der Waals surface area (Å²) in [5.41, 5.74) is 6.77. The van der Waals surface area contributed by atoms with Crippen molar-refractivity contribution >= 4 is 27.2 Å². The van der Waals surface area contributed by atoms with Gasteiger partial charge in [0.2, 0.25) is 10.0 Å². The maximum absolute atomic E-state index is 13.1. The largest absolute Gasteiger partial charge is 0.392 e. The predicted molar refractivity (Wildman–Crippen MR) is 85.6 cm³/mol. The molecule has 0 saturated heterocycles. The van der Waals surface area contributed by atoms with Gasteiger partial charge in [-0.15, -0.1) is 0 Å². The summed E-state index contributed by atoms with van der Waals surface area (Å²) in [6.45, 7) is 3.57. The highest BCUT2D eigenvalue weighted by atomic mass is 32.2. The van der Waals surface area contributed by atoms with Gasteiger partial charge in [-0.05, 0) is 26.7 Å². The van der Waals surface area contributed by atoms with E-state index in [9.17, 15) is 8.42 Å². The van der Waals surface area contributed by atoms with Crippen LogP contribution in [0.15, 0.2) is 4.90 Å². The summed E-state index contributed by atoms with van der Waals surface area (Å²) in [6.07, 6.45) is 3.80. The maximum atomic E-state index is 13.1. The third kappa shape index (κ3) is 3.12. The molecule has 21 heavy (non-hydrogen) atoms. The van der Waals surface area contributed by atoms with Crippen molar-refractivity contribution in [2.45, 2.75) is 50.5 Å². The molecule has 1 fully saturated rings. The molecule has 1 heterocycles. The van der Waals surface area contributed by atoms with Gasteiger partial charge < -0.3 is 5.73 Å². The van der Waals surface area contributed by atoms with Crippen molar-refractivity contribution in [3.8, 4) is 0 Å². The summed E-state index contributed by atoms with van der Waals surface area (Å²) in [5, 5.41) is 4.21. The Morgan fingerprint density at radius 1 is 1.43 bits per heavy atom. The van der Waals surface area contributed by atoms with Crippen molar-refractivity contribution < 1.29 is 8.42 Å². The summed E-state index contributed by atoms with van der Waals surface area (Å²) < 4.78 is 29.2. The number of sulfonamides is 1. The molecule has 0 bridgehead atoms.